The monoisotopic (exact) mass is 722 g/mol. The number of para-hydroxylation sites is 2. The van der Waals surface area contributed by atoms with Gasteiger partial charge in [-0.1, -0.05) is 87.8 Å². The topological polar surface area (TPSA) is 24.7 Å². The summed E-state index contributed by atoms with van der Waals surface area (Å²) in [5.41, 5.74) is 10.9. The maximum atomic E-state index is 5.48. The molecule has 4 aliphatic carbocycles. The van der Waals surface area contributed by atoms with Crippen LogP contribution < -0.4 is 0 Å². The van der Waals surface area contributed by atoms with Crippen LogP contribution in [0.25, 0.3) is 0 Å². The molecule has 0 bridgehead atoms. The third kappa shape index (κ3) is 7.86. The SMILES string of the molecule is CC(=Nc1c(C2CCCC2)cccc1C1CCCC1)C(C)=Nc1c(C2CCCC2)cccc1C1CCCC1.[Br][Fe][Br]. The van der Waals surface area contributed by atoms with Gasteiger partial charge in [0.25, 0.3) is 0 Å². The van der Waals surface area contributed by atoms with E-state index in [1.165, 1.54) is 136 Å². The molecule has 2 aromatic rings. The van der Waals surface area contributed by atoms with Crippen LogP contribution in [0, 0.1) is 0 Å². The van der Waals surface area contributed by atoms with Gasteiger partial charge in [-0.05, 0) is 111 Å². The Labute approximate surface area is 269 Å². The molecule has 5 heteroatoms. The van der Waals surface area contributed by atoms with Crippen LogP contribution in [0.15, 0.2) is 46.4 Å². The second kappa shape index (κ2) is 15.8. The third-order valence-electron chi connectivity index (χ3n) is 10.5. The zero-order valence-corrected chi connectivity index (χ0v) is 29.4. The number of halogens is 2. The van der Waals surface area contributed by atoms with E-state index in [0.29, 0.717) is 23.7 Å². The fourth-order valence-electron chi connectivity index (χ4n) is 8.18. The average molecular weight is 724 g/mol. The van der Waals surface area contributed by atoms with Crippen molar-refractivity contribution in [3.63, 3.8) is 0 Å². The van der Waals surface area contributed by atoms with Gasteiger partial charge in [0, 0.05) is 0 Å². The summed E-state index contributed by atoms with van der Waals surface area (Å²) in [7, 11) is 0. The second-order valence-corrected chi connectivity index (χ2v) is 18.5. The quantitative estimate of drug-likeness (QED) is 0.201. The van der Waals surface area contributed by atoms with Crippen molar-refractivity contribution in [2.24, 2.45) is 9.98 Å². The molecule has 2 nitrogen and oxygen atoms in total. The van der Waals surface area contributed by atoms with Gasteiger partial charge >= 0.3 is 39.6 Å². The van der Waals surface area contributed by atoms with Crippen LogP contribution in [-0.4, -0.2) is 11.4 Å². The molecule has 0 N–H and O–H groups in total. The van der Waals surface area contributed by atoms with Gasteiger partial charge in [0.15, 0.2) is 0 Å². The van der Waals surface area contributed by atoms with Gasteiger partial charge in [0.2, 0.25) is 0 Å². The van der Waals surface area contributed by atoms with Crippen LogP contribution in [-0.2, 0) is 11.3 Å². The fraction of sp³-hybridized carbons (Fsp3) is 0.611. The first-order chi connectivity index (χ1) is 20.1. The summed E-state index contributed by atoms with van der Waals surface area (Å²) in [6.45, 7) is 4.44. The van der Waals surface area contributed by atoms with Crippen LogP contribution in [0.4, 0.5) is 11.4 Å². The van der Waals surface area contributed by atoms with Crippen molar-refractivity contribution in [2.75, 3.05) is 0 Å². The Morgan fingerprint density at radius 2 is 0.732 bits per heavy atom. The van der Waals surface area contributed by atoms with Gasteiger partial charge in [-0.15, -0.1) is 0 Å². The molecule has 41 heavy (non-hydrogen) atoms. The zero-order valence-electron chi connectivity index (χ0n) is 25.1. The molecule has 0 heterocycles. The van der Waals surface area contributed by atoms with E-state index >= 15 is 0 Å². The molecular formula is C36H48Br2FeN2. The van der Waals surface area contributed by atoms with Crippen LogP contribution in [0.1, 0.15) is 163 Å². The molecule has 0 spiro atoms. The summed E-state index contributed by atoms with van der Waals surface area (Å²) >= 11 is 7.00. The summed E-state index contributed by atoms with van der Waals surface area (Å²) in [4.78, 5) is 11.0. The Bertz CT molecular complexity index is 1040. The standard InChI is InChI=1S/C36H48N2.2BrH.Fe/c1-25(37-35-31(27-13-3-4-14-27)21-11-22-32(35)28-15-5-6-16-28)26(2)38-36-33(29-17-7-8-18-29)23-12-24-34(36)30-19-9-10-20-30;;;/h11-12,21-24,27-30H,3-10,13-20H2,1-2H3;2*1H;/q;;;+2/p-2. The van der Waals surface area contributed by atoms with Gasteiger partial charge in [-0.2, -0.15) is 0 Å². The summed E-state index contributed by atoms with van der Waals surface area (Å²) in [5.74, 6) is 2.71. The first-order valence-corrected chi connectivity index (χ1v) is 21.8. The number of benzene rings is 2. The number of hydrogen-bond donors (Lipinski definition) is 0. The first-order valence-electron chi connectivity index (χ1n) is 16.3. The number of rotatable bonds is 7. The predicted octanol–water partition coefficient (Wildman–Crippen LogP) is 12.9. The molecule has 0 aliphatic heterocycles. The molecule has 0 radical (unpaired) electrons. The summed E-state index contributed by atoms with van der Waals surface area (Å²) in [5, 5.41) is 0. The van der Waals surface area contributed by atoms with Crippen LogP contribution in [0.3, 0.4) is 0 Å². The normalized spacial score (nSPS) is 21.7. The first kappa shape index (κ1) is 31.7. The predicted molar refractivity (Wildman–Crippen MR) is 181 cm³/mol. The summed E-state index contributed by atoms with van der Waals surface area (Å²) in [6.07, 6.45) is 21.5. The number of aliphatic imine (C=N–C) groups is 2. The van der Waals surface area contributed by atoms with Gasteiger partial charge in [0.05, 0.1) is 22.8 Å². The van der Waals surface area contributed by atoms with Crippen LogP contribution >= 0.6 is 28.2 Å². The fourth-order valence-corrected chi connectivity index (χ4v) is 8.18. The molecule has 4 aliphatic rings. The van der Waals surface area contributed by atoms with Gasteiger partial charge in [0.1, 0.15) is 0 Å². The van der Waals surface area contributed by atoms with Crippen molar-refractivity contribution in [1.82, 2.24) is 0 Å². The van der Waals surface area contributed by atoms with E-state index in [4.69, 9.17) is 9.98 Å². The summed E-state index contributed by atoms with van der Waals surface area (Å²) in [6, 6.07) is 14.2. The second-order valence-electron chi connectivity index (χ2n) is 12.9. The summed E-state index contributed by atoms with van der Waals surface area (Å²) < 4.78 is 0. The van der Waals surface area contributed by atoms with Gasteiger partial charge in [-0.25, -0.2) is 0 Å². The van der Waals surface area contributed by atoms with E-state index in [-0.39, 0.29) is 0 Å². The van der Waals surface area contributed by atoms with Crippen molar-refractivity contribution in [2.45, 2.75) is 140 Å². The molecule has 4 saturated carbocycles. The molecule has 224 valence electrons. The molecule has 6 rings (SSSR count). The Morgan fingerprint density at radius 1 is 0.512 bits per heavy atom. The van der Waals surface area contributed by atoms with E-state index in [1.54, 1.807) is 0 Å². The van der Waals surface area contributed by atoms with Crippen molar-refractivity contribution < 1.29 is 11.3 Å². The van der Waals surface area contributed by atoms with E-state index < -0.39 is 0 Å². The van der Waals surface area contributed by atoms with Gasteiger partial charge < -0.3 is 0 Å². The van der Waals surface area contributed by atoms with Crippen LogP contribution in [0.2, 0.25) is 0 Å². The Hall–Kier alpha value is -0.741. The Morgan fingerprint density at radius 3 is 0.951 bits per heavy atom. The van der Waals surface area contributed by atoms with Crippen molar-refractivity contribution >= 4 is 51.0 Å². The molecule has 0 unspecified atom stereocenters. The minimum absolute atomic E-state index is 0.678. The average Bonchev–Trinajstić information content (AvgIpc) is 3.82. The molecule has 0 atom stereocenters. The van der Waals surface area contributed by atoms with E-state index in [2.05, 4.69) is 78.5 Å². The molecule has 4 fully saturated rings. The van der Waals surface area contributed by atoms with Crippen molar-refractivity contribution in [3.8, 4) is 0 Å². The van der Waals surface area contributed by atoms with E-state index in [0.717, 1.165) is 22.8 Å². The third-order valence-corrected chi connectivity index (χ3v) is 10.5. The van der Waals surface area contributed by atoms with E-state index in [1.807, 2.05) is 0 Å². The molecule has 2 aromatic carbocycles. The molecule has 0 aromatic heterocycles. The van der Waals surface area contributed by atoms with Crippen molar-refractivity contribution in [3.05, 3.63) is 58.7 Å². The maximum absolute atomic E-state index is 5.48. The molecule has 0 amide bonds. The Kier molecular flexibility index (Phi) is 12.2. The Balaban J connectivity index is 0.00000108. The van der Waals surface area contributed by atoms with Crippen molar-refractivity contribution in [1.29, 1.82) is 0 Å². The zero-order chi connectivity index (χ0) is 28.6. The minimum atomic E-state index is 0.678. The molecular weight excluding hydrogens is 676 g/mol. The van der Waals surface area contributed by atoms with Crippen LogP contribution in [0.5, 0.6) is 0 Å². The number of nitrogens with zero attached hydrogens (tertiary/aromatic N) is 2. The number of hydrogen-bond acceptors (Lipinski definition) is 2. The molecule has 0 saturated heterocycles. The van der Waals surface area contributed by atoms with Gasteiger partial charge in [-0.3, -0.25) is 9.98 Å². The van der Waals surface area contributed by atoms with E-state index in [9.17, 15) is 0 Å².